The Hall–Kier alpha value is -1.55. The minimum Gasteiger partial charge on any atom is -0.466 e. The van der Waals surface area contributed by atoms with Gasteiger partial charge in [0.2, 0.25) is 0 Å². The van der Waals surface area contributed by atoms with Gasteiger partial charge in [-0.3, -0.25) is 9.59 Å². The lowest BCUT2D eigenvalue weighted by Gasteiger charge is -2.05. The van der Waals surface area contributed by atoms with E-state index in [-0.39, 0.29) is 31.4 Å². The van der Waals surface area contributed by atoms with Crippen molar-refractivity contribution in [3.05, 3.63) is 34.9 Å². The van der Waals surface area contributed by atoms with Gasteiger partial charge in [-0.15, -0.1) is 0 Å². The maximum Gasteiger partial charge on any atom is 0.306 e. The molecule has 20 heavy (non-hydrogen) atoms. The Morgan fingerprint density at radius 2 is 1.85 bits per heavy atom. The first-order valence-electron chi connectivity index (χ1n) is 6.67. The lowest BCUT2D eigenvalue weighted by Crippen LogP contribution is -2.08. The number of rotatable bonds is 8. The molecule has 0 aliphatic heterocycles. The number of esters is 2. The van der Waals surface area contributed by atoms with Crippen LogP contribution < -0.4 is 0 Å². The highest BCUT2D eigenvalue weighted by Crippen LogP contribution is 2.12. The van der Waals surface area contributed by atoms with E-state index < -0.39 is 0 Å². The van der Waals surface area contributed by atoms with Crippen molar-refractivity contribution in [1.29, 1.82) is 0 Å². The summed E-state index contributed by atoms with van der Waals surface area (Å²) >= 11 is 5.83. The predicted molar refractivity (Wildman–Crippen MR) is 76.3 cm³/mol. The molecule has 0 heterocycles. The molecule has 0 aromatic heterocycles. The molecule has 0 amide bonds. The molecular formula is C15H19ClO4. The molecule has 1 rings (SSSR count). The van der Waals surface area contributed by atoms with E-state index in [1.807, 2.05) is 13.0 Å². The quantitative estimate of drug-likeness (QED) is 0.689. The van der Waals surface area contributed by atoms with E-state index in [0.29, 0.717) is 18.1 Å². The third kappa shape index (κ3) is 7.14. The molecule has 4 nitrogen and oxygen atoms in total. The van der Waals surface area contributed by atoms with Gasteiger partial charge in [0.1, 0.15) is 6.61 Å². The molecule has 0 saturated carbocycles. The Morgan fingerprint density at radius 3 is 2.50 bits per heavy atom. The molecule has 0 unspecified atom stereocenters. The van der Waals surface area contributed by atoms with Crippen LogP contribution in [0.4, 0.5) is 0 Å². The highest BCUT2D eigenvalue weighted by atomic mass is 35.5. The van der Waals surface area contributed by atoms with Gasteiger partial charge < -0.3 is 9.47 Å². The predicted octanol–water partition coefficient (Wildman–Crippen LogP) is 3.51. The number of halogens is 1. The first-order valence-corrected chi connectivity index (χ1v) is 7.05. The van der Waals surface area contributed by atoms with Gasteiger partial charge in [-0.1, -0.05) is 30.7 Å². The Kier molecular flexibility index (Phi) is 7.73. The zero-order valence-corrected chi connectivity index (χ0v) is 12.3. The molecule has 0 bridgehead atoms. The third-order valence-electron chi connectivity index (χ3n) is 2.52. The Morgan fingerprint density at radius 1 is 1.15 bits per heavy atom. The molecule has 0 atom stereocenters. The first-order chi connectivity index (χ1) is 9.61. The summed E-state index contributed by atoms with van der Waals surface area (Å²) in [6.07, 6.45) is 1.69. The van der Waals surface area contributed by atoms with Gasteiger partial charge in [-0.05, 0) is 30.5 Å². The van der Waals surface area contributed by atoms with Crippen molar-refractivity contribution in [1.82, 2.24) is 0 Å². The van der Waals surface area contributed by atoms with E-state index in [9.17, 15) is 9.59 Å². The molecule has 0 radical (unpaired) electrons. The highest BCUT2D eigenvalue weighted by molar-refractivity contribution is 6.30. The van der Waals surface area contributed by atoms with Crippen LogP contribution >= 0.6 is 11.6 Å². The van der Waals surface area contributed by atoms with Crippen molar-refractivity contribution < 1.29 is 19.1 Å². The van der Waals surface area contributed by atoms with Crippen LogP contribution in [0.15, 0.2) is 24.3 Å². The van der Waals surface area contributed by atoms with Crippen molar-refractivity contribution in [2.24, 2.45) is 0 Å². The molecule has 0 N–H and O–H groups in total. The van der Waals surface area contributed by atoms with E-state index in [0.717, 1.165) is 12.0 Å². The van der Waals surface area contributed by atoms with Gasteiger partial charge in [0.25, 0.3) is 0 Å². The standard InChI is InChI=1S/C15H19ClO4/c1-2-9-19-14(17)7-4-8-15(18)20-11-12-5-3-6-13(16)10-12/h3,5-6,10H,2,4,7-9,11H2,1H3. The maximum absolute atomic E-state index is 11.5. The lowest BCUT2D eigenvalue weighted by atomic mass is 10.2. The van der Waals surface area contributed by atoms with Crippen LogP contribution in [0.25, 0.3) is 0 Å². The number of benzene rings is 1. The number of carbonyl (C=O) groups is 2. The molecule has 0 fully saturated rings. The monoisotopic (exact) mass is 298 g/mol. The fraction of sp³-hybridized carbons (Fsp3) is 0.467. The molecule has 110 valence electrons. The van der Waals surface area contributed by atoms with Crippen LogP contribution in [0, 0.1) is 0 Å². The number of hydrogen-bond donors (Lipinski definition) is 0. The van der Waals surface area contributed by atoms with E-state index in [4.69, 9.17) is 21.1 Å². The van der Waals surface area contributed by atoms with Crippen molar-refractivity contribution in [3.63, 3.8) is 0 Å². The fourth-order valence-corrected chi connectivity index (χ4v) is 1.74. The van der Waals surface area contributed by atoms with Gasteiger partial charge in [0, 0.05) is 17.9 Å². The van der Waals surface area contributed by atoms with Gasteiger partial charge in [-0.2, -0.15) is 0 Å². The maximum atomic E-state index is 11.5. The average molecular weight is 299 g/mol. The zero-order valence-electron chi connectivity index (χ0n) is 11.6. The van der Waals surface area contributed by atoms with Crippen molar-refractivity contribution in [3.8, 4) is 0 Å². The number of hydrogen-bond acceptors (Lipinski definition) is 4. The van der Waals surface area contributed by atoms with Crippen LogP contribution in [0.5, 0.6) is 0 Å². The lowest BCUT2D eigenvalue weighted by molar-refractivity contribution is -0.146. The smallest absolute Gasteiger partial charge is 0.306 e. The topological polar surface area (TPSA) is 52.6 Å². The molecule has 1 aromatic rings. The summed E-state index contributed by atoms with van der Waals surface area (Å²) < 4.78 is 10.0. The summed E-state index contributed by atoms with van der Waals surface area (Å²) in [4.78, 5) is 22.7. The Balaban J connectivity index is 2.16. The molecule has 0 aliphatic carbocycles. The summed E-state index contributed by atoms with van der Waals surface area (Å²) in [6, 6.07) is 7.14. The summed E-state index contributed by atoms with van der Waals surface area (Å²) in [5.74, 6) is -0.595. The van der Waals surface area contributed by atoms with E-state index in [2.05, 4.69) is 0 Å². The Labute approximate surface area is 124 Å². The second kappa shape index (κ2) is 9.37. The van der Waals surface area contributed by atoms with Gasteiger partial charge in [0.15, 0.2) is 0 Å². The SMILES string of the molecule is CCCOC(=O)CCCC(=O)OCc1cccc(Cl)c1. The Bertz CT molecular complexity index is 445. The van der Waals surface area contributed by atoms with Crippen LogP contribution in [0.2, 0.25) is 5.02 Å². The van der Waals surface area contributed by atoms with Crippen molar-refractivity contribution >= 4 is 23.5 Å². The molecule has 0 aliphatic rings. The van der Waals surface area contributed by atoms with Crippen LogP contribution in [0.3, 0.4) is 0 Å². The number of carbonyl (C=O) groups excluding carboxylic acids is 2. The second-order valence-corrected chi connectivity index (χ2v) is 4.80. The highest BCUT2D eigenvalue weighted by Gasteiger charge is 2.07. The van der Waals surface area contributed by atoms with Gasteiger partial charge in [-0.25, -0.2) is 0 Å². The minimum atomic E-state index is -0.326. The van der Waals surface area contributed by atoms with Crippen molar-refractivity contribution in [2.45, 2.75) is 39.2 Å². The van der Waals surface area contributed by atoms with Crippen molar-refractivity contribution in [2.75, 3.05) is 6.61 Å². The van der Waals surface area contributed by atoms with Gasteiger partial charge >= 0.3 is 11.9 Å². The van der Waals surface area contributed by atoms with Crippen LogP contribution in [0.1, 0.15) is 38.2 Å². The van der Waals surface area contributed by atoms with Gasteiger partial charge in [0.05, 0.1) is 6.61 Å². The average Bonchev–Trinajstić information content (AvgIpc) is 2.43. The summed E-state index contributed by atoms with van der Waals surface area (Å²) in [7, 11) is 0. The minimum absolute atomic E-state index is 0.194. The second-order valence-electron chi connectivity index (χ2n) is 4.36. The third-order valence-corrected chi connectivity index (χ3v) is 2.75. The summed E-state index contributed by atoms with van der Waals surface area (Å²) in [6.45, 7) is 2.55. The van der Waals surface area contributed by atoms with Crippen LogP contribution in [-0.2, 0) is 25.7 Å². The largest absolute Gasteiger partial charge is 0.466 e. The summed E-state index contributed by atoms with van der Waals surface area (Å²) in [5.41, 5.74) is 0.841. The van der Waals surface area contributed by atoms with E-state index >= 15 is 0 Å². The molecule has 1 aromatic carbocycles. The van der Waals surface area contributed by atoms with E-state index in [1.165, 1.54) is 0 Å². The normalized spacial score (nSPS) is 10.1. The summed E-state index contributed by atoms with van der Waals surface area (Å²) in [5, 5.41) is 0.609. The molecule has 0 saturated heterocycles. The molecule has 0 spiro atoms. The molecule has 5 heteroatoms. The van der Waals surface area contributed by atoms with Crippen LogP contribution in [-0.4, -0.2) is 18.5 Å². The zero-order chi connectivity index (χ0) is 14.8. The first kappa shape index (κ1) is 16.5. The molecular weight excluding hydrogens is 280 g/mol. The number of ether oxygens (including phenoxy) is 2. The fourth-order valence-electron chi connectivity index (χ4n) is 1.53. The van der Waals surface area contributed by atoms with E-state index in [1.54, 1.807) is 18.2 Å².